The van der Waals surface area contributed by atoms with Gasteiger partial charge in [0.15, 0.2) is 6.10 Å². The molecular weight excluding hydrogens is 475 g/mol. The predicted octanol–water partition coefficient (Wildman–Crippen LogP) is 2.91. The minimum absolute atomic E-state index is 0.345. The summed E-state index contributed by atoms with van der Waals surface area (Å²) in [5.41, 5.74) is -2.28. The van der Waals surface area contributed by atoms with E-state index in [9.17, 15) is 36.4 Å². The van der Waals surface area contributed by atoms with Gasteiger partial charge in [0.05, 0.1) is 16.7 Å². The fourth-order valence-electron chi connectivity index (χ4n) is 3.17. The van der Waals surface area contributed by atoms with Crippen molar-refractivity contribution in [1.82, 2.24) is 10.0 Å². The van der Waals surface area contributed by atoms with E-state index in [2.05, 4.69) is 11.4 Å². The van der Waals surface area contributed by atoms with Crippen LogP contribution in [0.25, 0.3) is 0 Å². The third kappa shape index (κ3) is 6.57. The standard InChI is InChI=1S/C19H21ClF3N3O5S/c1-12(17(28)26-18(11-24)7-3-2-4-8-18)31-16(27)10-25-32(29,30)15-9-13(19(21,22)23)5-6-14(15)20/h5-6,9,12,25H,2-4,7-8,10H2,1H3,(H,26,28). The minimum atomic E-state index is -4.80. The van der Waals surface area contributed by atoms with Crippen LogP contribution in [0, 0.1) is 11.3 Å². The average Bonchev–Trinajstić information content (AvgIpc) is 2.72. The number of ether oxygens (including phenoxy) is 1. The summed E-state index contributed by atoms with van der Waals surface area (Å²) in [5, 5.41) is 11.5. The molecule has 176 valence electrons. The Morgan fingerprint density at radius 3 is 2.47 bits per heavy atom. The van der Waals surface area contributed by atoms with Gasteiger partial charge in [0, 0.05) is 0 Å². The lowest BCUT2D eigenvalue weighted by Crippen LogP contribution is -2.52. The summed E-state index contributed by atoms with van der Waals surface area (Å²) in [4.78, 5) is 23.4. The number of hydrogen-bond donors (Lipinski definition) is 2. The van der Waals surface area contributed by atoms with Crippen molar-refractivity contribution < 1.29 is 35.9 Å². The van der Waals surface area contributed by atoms with Crippen molar-refractivity contribution in [2.45, 2.75) is 61.7 Å². The Morgan fingerprint density at radius 2 is 1.91 bits per heavy atom. The first-order chi connectivity index (χ1) is 14.8. The number of benzene rings is 1. The monoisotopic (exact) mass is 495 g/mol. The summed E-state index contributed by atoms with van der Waals surface area (Å²) in [5.74, 6) is -1.86. The van der Waals surface area contributed by atoms with E-state index in [1.54, 1.807) is 4.72 Å². The number of hydrogen-bond acceptors (Lipinski definition) is 6. The Labute approximate surface area is 188 Å². The van der Waals surface area contributed by atoms with Crippen LogP contribution in [0.3, 0.4) is 0 Å². The van der Waals surface area contributed by atoms with Crippen LogP contribution >= 0.6 is 11.6 Å². The molecule has 1 unspecified atom stereocenters. The fourth-order valence-corrected chi connectivity index (χ4v) is 4.66. The molecular formula is C19H21ClF3N3O5S. The van der Waals surface area contributed by atoms with Gasteiger partial charge < -0.3 is 10.1 Å². The molecule has 0 aromatic heterocycles. The number of esters is 1. The lowest BCUT2D eigenvalue weighted by Gasteiger charge is -2.32. The molecule has 0 saturated heterocycles. The third-order valence-electron chi connectivity index (χ3n) is 4.92. The quantitative estimate of drug-likeness (QED) is 0.560. The summed E-state index contributed by atoms with van der Waals surface area (Å²) in [6, 6.07) is 3.83. The molecule has 0 spiro atoms. The minimum Gasteiger partial charge on any atom is -0.452 e. The number of alkyl halides is 3. The van der Waals surface area contributed by atoms with Crippen LogP contribution in [0.15, 0.2) is 23.1 Å². The molecule has 1 aromatic rings. The van der Waals surface area contributed by atoms with Gasteiger partial charge in [0.2, 0.25) is 10.0 Å². The van der Waals surface area contributed by atoms with E-state index in [1.165, 1.54) is 6.92 Å². The van der Waals surface area contributed by atoms with Gasteiger partial charge in [-0.15, -0.1) is 0 Å². The predicted molar refractivity (Wildman–Crippen MR) is 107 cm³/mol. The number of sulfonamides is 1. The lowest BCUT2D eigenvalue weighted by molar-refractivity contribution is -0.154. The second kappa shape index (κ2) is 10.1. The van der Waals surface area contributed by atoms with E-state index in [4.69, 9.17) is 16.3 Å². The number of amides is 1. The maximum Gasteiger partial charge on any atom is 0.416 e. The molecule has 0 radical (unpaired) electrons. The Balaban J connectivity index is 1.98. The molecule has 8 nitrogen and oxygen atoms in total. The maximum atomic E-state index is 12.9. The van der Waals surface area contributed by atoms with Gasteiger partial charge in [0.1, 0.15) is 17.0 Å². The van der Waals surface area contributed by atoms with Crippen LogP contribution in [-0.4, -0.2) is 38.5 Å². The number of carbonyl (C=O) groups excluding carboxylic acids is 2. The average molecular weight is 496 g/mol. The van der Waals surface area contributed by atoms with E-state index in [-0.39, 0.29) is 0 Å². The van der Waals surface area contributed by atoms with Gasteiger partial charge in [-0.3, -0.25) is 9.59 Å². The normalized spacial score (nSPS) is 17.1. The van der Waals surface area contributed by atoms with Crippen LogP contribution < -0.4 is 10.0 Å². The van der Waals surface area contributed by atoms with E-state index in [0.717, 1.165) is 25.3 Å². The Kier molecular flexibility index (Phi) is 8.14. The van der Waals surface area contributed by atoms with Crippen LogP contribution in [0.1, 0.15) is 44.6 Å². The molecule has 1 amide bonds. The first-order valence-electron chi connectivity index (χ1n) is 9.59. The highest BCUT2D eigenvalue weighted by Gasteiger charge is 2.36. The highest BCUT2D eigenvalue weighted by Crippen LogP contribution is 2.33. The summed E-state index contributed by atoms with van der Waals surface area (Å²) in [6.45, 7) is 0.301. The lowest BCUT2D eigenvalue weighted by atomic mass is 9.83. The van der Waals surface area contributed by atoms with Crippen molar-refractivity contribution in [1.29, 1.82) is 5.26 Å². The highest BCUT2D eigenvalue weighted by atomic mass is 35.5. The van der Waals surface area contributed by atoms with Gasteiger partial charge in [0.25, 0.3) is 5.91 Å². The summed E-state index contributed by atoms with van der Waals surface area (Å²) in [6.07, 6.45) is -2.71. The highest BCUT2D eigenvalue weighted by molar-refractivity contribution is 7.89. The zero-order chi connectivity index (χ0) is 24.2. The SMILES string of the molecule is CC(OC(=O)CNS(=O)(=O)c1cc(C(F)(F)F)ccc1Cl)C(=O)NC1(C#N)CCCCC1. The zero-order valence-electron chi connectivity index (χ0n) is 17.0. The van der Waals surface area contributed by atoms with Crippen molar-refractivity contribution in [3.05, 3.63) is 28.8 Å². The van der Waals surface area contributed by atoms with E-state index in [1.807, 2.05) is 0 Å². The van der Waals surface area contributed by atoms with Crippen LogP contribution in [0.2, 0.25) is 5.02 Å². The summed E-state index contributed by atoms with van der Waals surface area (Å²) >= 11 is 5.71. The van der Waals surface area contributed by atoms with Crippen molar-refractivity contribution in [3.8, 4) is 6.07 Å². The zero-order valence-corrected chi connectivity index (χ0v) is 18.5. The number of nitrogens with one attached hydrogen (secondary N) is 2. The van der Waals surface area contributed by atoms with E-state index < -0.39 is 61.7 Å². The second-order valence-electron chi connectivity index (χ2n) is 7.34. The maximum absolute atomic E-state index is 12.9. The molecule has 0 aliphatic heterocycles. The number of nitrogens with zero attached hydrogens (tertiary/aromatic N) is 1. The molecule has 1 aliphatic rings. The van der Waals surface area contributed by atoms with Crippen molar-refractivity contribution in [2.75, 3.05) is 6.54 Å². The van der Waals surface area contributed by atoms with Crippen LogP contribution in [0.5, 0.6) is 0 Å². The summed E-state index contributed by atoms with van der Waals surface area (Å²) in [7, 11) is -4.59. The molecule has 0 bridgehead atoms. The number of carbonyl (C=O) groups is 2. The Bertz CT molecular complexity index is 1020. The number of rotatable bonds is 7. The van der Waals surface area contributed by atoms with Gasteiger partial charge in [-0.25, -0.2) is 8.42 Å². The molecule has 1 fully saturated rings. The molecule has 1 aromatic carbocycles. The van der Waals surface area contributed by atoms with E-state index in [0.29, 0.717) is 25.0 Å². The number of nitriles is 1. The smallest absolute Gasteiger partial charge is 0.416 e. The number of halogens is 4. The van der Waals surface area contributed by atoms with Gasteiger partial charge in [-0.2, -0.15) is 23.2 Å². The van der Waals surface area contributed by atoms with Gasteiger partial charge in [-0.1, -0.05) is 30.9 Å². The van der Waals surface area contributed by atoms with Crippen LogP contribution in [-0.2, 0) is 30.5 Å². The molecule has 1 aliphatic carbocycles. The Morgan fingerprint density at radius 1 is 1.28 bits per heavy atom. The topological polar surface area (TPSA) is 125 Å². The second-order valence-corrected chi connectivity index (χ2v) is 9.49. The molecule has 2 rings (SSSR count). The molecule has 1 saturated carbocycles. The molecule has 32 heavy (non-hydrogen) atoms. The van der Waals surface area contributed by atoms with Crippen molar-refractivity contribution >= 4 is 33.5 Å². The first kappa shape index (κ1) is 25.9. The van der Waals surface area contributed by atoms with Crippen molar-refractivity contribution in [3.63, 3.8) is 0 Å². The molecule has 13 heteroatoms. The fraction of sp³-hybridized carbons (Fsp3) is 0.526. The molecule has 1 atom stereocenters. The molecule has 2 N–H and O–H groups in total. The largest absolute Gasteiger partial charge is 0.452 e. The van der Waals surface area contributed by atoms with Gasteiger partial charge >= 0.3 is 12.1 Å². The Hall–Kier alpha value is -2.36. The van der Waals surface area contributed by atoms with E-state index >= 15 is 0 Å². The molecule has 0 heterocycles. The first-order valence-corrected chi connectivity index (χ1v) is 11.4. The third-order valence-corrected chi connectivity index (χ3v) is 6.80. The van der Waals surface area contributed by atoms with Gasteiger partial charge in [-0.05, 0) is 38.0 Å². The summed E-state index contributed by atoms with van der Waals surface area (Å²) < 4.78 is 69.9. The van der Waals surface area contributed by atoms with Crippen molar-refractivity contribution in [2.24, 2.45) is 0 Å². The van der Waals surface area contributed by atoms with Crippen LogP contribution in [0.4, 0.5) is 13.2 Å².